The first-order valence-corrected chi connectivity index (χ1v) is 11.3. The number of hydrogen-bond donors (Lipinski definition) is 1. The topological polar surface area (TPSA) is 63.1 Å². The Morgan fingerprint density at radius 3 is 2.55 bits per heavy atom. The molecule has 0 aliphatic carbocycles. The summed E-state index contributed by atoms with van der Waals surface area (Å²) in [5.74, 6) is 1.50. The average Bonchev–Trinajstić information content (AvgIpc) is 3.02. The smallest absolute Gasteiger partial charge is 0.307 e. The number of rotatable bonds is 5. The lowest BCUT2D eigenvalue weighted by Crippen LogP contribution is -2.36. The second-order valence-corrected chi connectivity index (χ2v) is 8.51. The van der Waals surface area contributed by atoms with Gasteiger partial charge in [0, 0.05) is 18.7 Å². The largest absolute Gasteiger partial charge is 0.329 e. The molecule has 1 N–H and O–H groups in total. The molecule has 1 aliphatic rings. The summed E-state index contributed by atoms with van der Waals surface area (Å²) in [7, 11) is 0. The Labute approximate surface area is 192 Å². The van der Waals surface area contributed by atoms with Crippen molar-refractivity contribution in [3.8, 4) is 0 Å². The highest BCUT2D eigenvalue weighted by Crippen LogP contribution is 2.27. The lowest BCUT2D eigenvalue weighted by atomic mass is 10.1. The summed E-state index contributed by atoms with van der Waals surface area (Å²) in [6.45, 7) is 3.32. The molecule has 1 aromatic heterocycles. The second kappa shape index (κ2) is 9.71. The number of carbonyl (C=O) groups excluding carboxylic acids is 1. The van der Waals surface area contributed by atoms with Crippen LogP contribution in [-0.4, -0.2) is 20.8 Å². The SMILES string of the molecule is CCc1ccc(CN(C(=O)Nc2ccc(Cl)c(Cl)c2)c2nnc3n2CCCCC3)cc1. The summed E-state index contributed by atoms with van der Waals surface area (Å²) in [4.78, 5) is 15.0. The van der Waals surface area contributed by atoms with Crippen molar-refractivity contribution in [1.29, 1.82) is 0 Å². The molecular formula is C23H25Cl2N5O. The van der Waals surface area contributed by atoms with E-state index in [1.165, 1.54) is 5.56 Å². The van der Waals surface area contributed by atoms with Gasteiger partial charge in [0.1, 0.15) is 5.82 Å². The summed E-state index contributed by atoms with van der Waals surface area (Å²) in [5.41, 5.74) is 2.85. The average molecular weight is 458 g/mol. The number of carbonyl (C=O) groups is 1. The van der Waals surface area contributed by atoms with E-state index in [2.05, 4.69) is 51.3 Å². The molecule has 2 aromatic carbocycles. The molecular weight excluding hydrogens is 433 g/mol. The number of aryl methyl sites for hydroxylation is 2. The van der Waals surface area contributed by atoms with Crippen LogP contribution in [0.25, 0.3) is 0 Å². The summed E-state index contributed by atoms with van der Waals surface area (Å²) in [5, 5.41) is 12.5. The molecule has 3 aromatic rings. The molecule has 0 fully saturated rings. The van der Waals surface area contributed by atoms with Crippen LogP contribution >= 0.6 is 23.2 Å². The fourth-order valence-electron chi connectivity index (χ4n) is 3.73. The van der Waals surface area contributed by atoms with Crippen molar-refractivity contribution in [3.05, 3.63) is 69.5 Å². The Hall–Kier alpha value is -2.57. The van der Waals surface area contributed by atoms with E-state index in [1.54, 1.807) is 23.1 Å². The first kappa shape index (κ1) is 21.7. The number of anilines is 2. The molecule has 0 saturated heterocycles. The Kier molecular flexibility index (Phi) is 6.78. The molecule has 2 heterocycles. The van der Waals surface area contributed by atoms with Crippen LogP contribution in [0, 0.1) is 0 Å². The molecule has 0 saturated carbocycles. The van der Waals surface area contributed by atoms with E-state index in [9.17, 15) is 4.79 Å². The van der Waals surface area contributed by atoms with Gasteiger partial charge in [-0.3, -0.25) is 9.47 Å². The van der Waals surface area contributed by atoms with Crippen molar-refractivity contribution < 1.29 is 4.79 Å². The molecule has 2 amide bonds. The van der Waals surface area contributed by atoms with Gasteiger partial charge in [-0.25, -0.2) is 4.79 Å². The van der Waals surface area contributed by atoms with Gasteiger partial charge in [-0.1, -0.05) is 60.8 Å². The van der Waals surface area contributed by atoms with Gasteiger partial charge < -0.3 is 5.32 Å². The van der Waals surface area contributed by atoms with Gasteiger partial charge in [-0.2, -0.15) is 0 Å². The Morgan fingerprint density at radius 2 is 1.81 bits per heavy atom. The van der Waals surface area contributed by atoms with Crippen molar-refractivity contribution in [2.75, 3.05) is 10.2 Å². The minimum atomic E-state index is -0.294. The van der Waals surface area contributed by atoms with E-state index in [0.717, 1.165) is 50.0 Å². The van der Waals surface area contributed by atoms with Crippen molar-refractivity contribution in [2.24, 2.45) is 0 Å². The minimum absolute atomic E-state index is 0.294. The molecule has 0 spiro atoms. The fourth-order valence-corrected chi connectivity index (χ4v) is 4.03. The number of halogens is 2. The number of nitrogens with zero attached hydrogens (tertiary/aromatic N) is 4. The summed E-state index contributed by atoms with van der Waals surface area (Å²) in [6, 6.07) is 13.0. The van der Waals surface area contributed by atoms with Crippen LogP contribution in [0.5, 0.6) is 0 Å². The highest BCUT2D eigenvalue weighted by molar-refractivity contribution is 6.42. The van der Waals surface area contributed by atoms with Crippen LogP contribution in [0.15, 0.2) is 42.5 Å². The van der Waals surface area contributed by atoms with Crippen LogP contribution in [0.3, 0.4) is 0 Å². The van der Waals surface area contributed by atoms with E-state index >= 15 is 0 Å². The molecule has 8 heteroatoms. The van der Waals surface area contributed by atoms with Crippen molar-refractivity contribution in [1.82, 2.24) is 14.8 Å². The Bertz CT molecular complexity index is 1060. The highest BCUT2D eigenvalue weighted by atomic mass is 35.5. The molecule has 31 heavy (non-hydrogen) atoms. The zero-order valence-electron chi connectivity index (χ0n) is 17.4. The van der Waals surface area contributed by atoms with Crippen LogP contribution in [-0.2, 0) is 25.9 Å². The quantitative estimate of drug-likeness (QED) is 0.502. The fraction of sp³-hybridized carbons (Fsp3) is 0.348. The lowest BCUT2D eigenvalue weighted by Gasteiger charge is -2.23. The molecule has 1 aliphatic heterocycles. The van der Waals surface area contributed by atoms with Gasteiger partial charge in [0.05, 0.1) is 16.6 Å². The molecule has 162 valence electrons. The van der Waals surface area contributed by atoms with E-state index < -0.39 is 0 Å². The van der Waals surface area contributed by atoms with Crippen molar-refractivity contribution in [3.63, 3.8) is 0 Å². The van der Waals surface area contributed by atoms with E-state index in [-0.39, 0.29) is 6.03 Å². The van der Waals surface area contributed by atoms with E-state index in [1.807, 2.05) is 0 Å². The number of benzene rings is 2. The number of nitrogens with one attached hydrogen (secondary N) is 1. The molecule has 0 atom stereocenters. The van der Waals surface area contributed by atoms with Crippen LogP contribution < -0.4 is 10.2 Å². The summed E-state index contributed by atoms with van der Waals surface area (Å²) in [6.07, 6.45) is 5.13. The van der Waals surface area contributed by atoms with Gasteiger partial charge in [-0.05, 0) is 48.6 Å². The normalized spacial score (nSPS) is 13.4. The number of fused-ring (bicyclic) bond motifs is 1. The third-order valence-corrected chi connectivity index (χ3v) is 6.26. The molecule has 0 bridgehead atoms. The van der Waals surface area contributed by atoms with Crippen LogP contribution in [0.4, 0.5) is 16.4 Å². The van der Waals surface area contributed by atoms with Gasteiger partial charge in [0.15, 0.2) is 0 Å². The summed E-state index contributed by atoms with van der Waals surface area (Å²) >= 11 is 12.1. The first-order valence-electron chi connectivity index (χ1n) is 10.6. The van der Waals surface area contributed by atoms with E-state index in [4.69, 9.17) is 23.2 Å². The number of aromatic nitrogens is 3. The molecule has 4 rings (SSSR count). The van der Waals surface area contributed by atoms with Gasteiger partial charge >= 0.3 is 6.03 Å². The maximum Gasteiger partial charge on any atom is 0.329 e. The van der Waals surface area contributed by atoms with Crippen molar-refractivity contribution in [2.45, 2.75) is 52.1 Å². The first-order chi connectivity index (χ1) is 15.0. The predicted molar refractivity (Wildman–Crippen MR) is 125 cm³/mol. The maximum absolute atomic E-state index is 13.4. The third-order valence-electron chi connectivity index (χ3n) is 5.52. The van der Waals surface area contributed by atoms with Crippen LogP contribution in [0.2, 0.25) is 10.0 Å². The minimum Gasteiger partial charge on any atom is -0.307 e. The van der Waals surface area contributed by atoms with Gasteiger partial charge in [0.25, 0.3) is 0 Å². The number of urea groups is 1. The molecule has 0 radical (unpaired) electrons. The zero-order valence-corrected chi connectivity index (χ0v) is 19.0. The lowest BCUT2D eigenvalue weighted by molar-refractivity contribution is 0.256. The molecule has 0 unspecified atom stereocenters. The third kappa shape index (κ3) is 5.02. The standard InChI is InChI=1S/C23H25Cl2N5O/c1-2-16-7-9-17(10-8-16)15-30(22-28-27-21-6-4-3-5-13-29(21)22)23(31)26-18-11-12-19(24)20(25)14-18/h7-12,14H,2-6,13,15H2,1H3,(H,26,31). The highest BCUT2D eigenvalue weighted by Gasteiger charge is 2.25. The van der Waals surface area contributed by atoms with E-state index in [0.29, 0.717) is 28.2 Å². The molecule has 6 nitrogen and oxygen atoms in total. The Balaban J connectivity index is 1.65. The second-order valence-electron chi connectivity index (χ2n) is 7.69. The Morgan fingerprint density at radius 1 is 1.03 bits per heavy atom. The van der Waals surface area contributed by atoms with Crippen molar-refractivity contribution >= 4 is 40.9 Å². The predicted octanol–water partition coefficient (Wildman–Crippen LogP) is 6.11. The van der Waals surface area contributed by atoms with Gasteiger partial charge in [0.2, 0.25) is 5.95 Å². The summed E-state index contributed by atoms with van der Waals surface area (Å²) < 4.78 is 2.07. The number of hydrogen-bond acceptors (Lipinski definition) is 3. The maximum atomic E-state index is 13.4. The van der Waals surface area contributed by atoms with Crippen LogP contribution in [0.1, 0.15) is 43.1 Å². The number of amides is 2. The zero-order chi connectivity index (χ0) is 21.8. The van der Waals surface area contributed by atoms with Gasteiger partial charge in [-0.15, -0.1) is 10.2 Å². The monoisotopic (exact) mass is 457 g/mol.